The van der Waals surface area contributed by atoms with Crippen molar-refractivity contribution in [2.75, 3.05) is 18.4 Å². The SMILES string of the molecule is CCCCNC(=O)NC1(C(=O)N[C@H](Cc2ccccc2)C(=O)N[C@@H](CCCN=C(N)N)C(=O)N[C@@H](Cc2c[nH]c3ccccc23)C(=O)Nc2ccccc2C(N)=O)CCC(c2ccccc2)CC1. The molecule has 13 N–H and O–H groups in total. The summed E-state index contributed by atoms with van der Waals surface area (Å²) in [6.45, 7) is 2.58. The number of primary amides is 1. The highest BCUT2D eigenvalue weighted by Crippen LogP contribution is 2.38. The first-order valence-electron chi connectivity index (χ1n) is 23.2. The minimum absolute atomic E-state index is 0.0217. The number of anilines is 1. The van der Waals surface area contributed by atoms with Gasteiger partial charge >= 0.3 is 6.03 Å². The van der Waals surface area contributed by atoms with Crippen LogP contribution in [0, 0.1) is 0 Å². The van der Waals surface area contributed by atoms with E-state index in [0.29, 0.717) is 32.2 Å². The second-order valence-electron chi connectivity index (χ2n) is 17.3. The number of hydrogen-bond acceptors (Lipinski definition) is 7. The molecule has 68 heavy (non-hydrogen) atoms. The zero-order valence-electron chi connectivity index (χ0n) is 38.4. The number of amides is 7. The van der Waals surface area contributed by atoms with E-state index in [1.807, 2.05) is 79.7 Å². The molecule has 1 saturated carbocycles. The van der Waals surface area contributed by atoms with Crippen LogP contribution in [0.3, 0.4) is 0 Å². The number of H-pyrrole nitrogens is 1. The van der Waals surface area contributed by atoms with Gasteiger partial charge in [-0.2, -0.15) is 0 Å². The molecule has 0 radical (unpaired) electrons. The van der Waals surface area contributed by atoms with Gasteiger partial charge < -0.3 is 54.1 Å². The molecule has 5 aromatic rings. The molecule has 6 rings (SSSR count). The van der Waals surface area contributed by atoms with Gasteiger partial charge in [-0.15, -0.1) is 0 Å². The van der Waals surface area contributed by atoms with E-state index in [1.54, 1.807) is 18.3 Å². The van der Waals surface area contributed by atoms with Gasteiger partial charge in [-0.25, -0.2) is 4.79 Å². The van der Waals surface area contributed by atoms with Crippen molar-refractivity contribution in [2.24, 2.45) is 22.2 Å². The standard InChI is InChI=1S/C51H63N11O6/c1-2-3-28-56-50(68)62-51(26-24-35(25-27-51)34-17-8-5-9-18-34)48(67)61-42(30-33-15-6-4-7-16-33)46(65)59-41(23-14-29-55-49(53)54)45(64)60-43(31-36-32-57-39-21-12-10-19-37(36)39)47(66)58-40-22-13-11-20-38(40)44(52)63/h4-13,15-22,32,35,41-43,57H,2-3,14,23-31H2,1H3,(H2,52,63)(H,58,66)(H,59,65)(H,60,64)(H,61,67)(H4,53,54,55)(H2,56,62,68)/t35?,41-,42+,43-,51?/m0/s1. The molecule has 7 amide bonds. The van der Waals surface area contributed by atoms with Crippen LogP contribution in [0.5, 0.6) is 0 Å². The predicted octanol–water partition coefficient (Wildman–Crippen LogP) is 4.39. The van der Waals surface area contributed by atoms with Crippen LogP contribution in [0.15, 0.2) is 120 Å². The number of nitrogens with two attached hydrogens (primary N) is 3. The fourth-order valence-corrected chi connectivity index (χ4v) is 8.65. The van der Waals surface area contributed by atoms with Gasteiger partial charge in [0, 0.05) is 43.0 Å². The lowest BCUT2D eigenvalue weighted by Crippen LogP contribution is -2.65. The van der Waals surface area contributed by atoms with Gasteiger partial charge in [-0.05, 0) is 85.8 Å². The number of nitrogens with one attached hydrogen (secondary N) is 7. The number of para-hydroxylation sites is 2. The maximum Gasteiger partial charge on any atom is 0.315 e. The van der Waals surface area contributed by atoms with Crippen molar-refractivity contribution in [3.63, 3.8) is 0 Å². The molecule has 17 nitrogen and oxygen atoms in total. The zero-order chi connectivity index (χ0) is 48.5. The third-order valence-electron chi connectivity index (χ3n) is 12.4. The van der Waals surface area contributed by atoms with Crippen LogP contribution in [0.1, 0.15) is 91.3 Å². The summed E-state index contributed by atoms with van der Waals surface area (Å²) in [6, 6.07) is 28.8. The summed E-state index contributed by atoms with van der Waals surface area (Å²) in [7, 11) is 0. The first-order chi connectivity index (χ1) is 32.9. The van der Waals surface area contributed by atoms with E-state index in [2.05, 4.69) is 54.0 Å². The van der Waals surface area contributed by atoms with E-state index >= 15 is 0 Å². The molecule has 358 valence electrons. The van der Waals surface area contributed by atoms with Crippen LogP contribution >= 0.6 is 0 Å². The summed E-state index contributed by atoms with van der Waals surface area (Å²) in [6.07, 6.45) is 5.62. The summed E-state index contributed by atoms with van der Waals surface area (Å²) in [5, 5.41) is 18.2. The Morgan fingerprint density at radius 2 is 1.35 bits per heavy atom. The predicted molar refractivity (Wildman–Crippen MR) is 263 cm³/mol. The van der Waals surface area contributed by atoms with Crippen LogP contribution in [0.4, 0.5) is 10.5 Å². The fourth-order valence-electron chi connectivity index (χ4n) is 8.65. The molecule has 0 saturated heterocycles. The third kappa shape index (κ3) is 13.7. The number of hydrogen-bond donors (Lipinski definition) is 10. The minimum atomic E-state index is -1.34. The Kier molecular flexibility index (Phi) is 17.7. The van der Waals surface area contributed by atoms with E-state index in [-0.39, 0.29) is 55.4 Å². The van der Waals surface area contributed by atoms with Gasteiger partial charge in [0.15, 0.2) is 5.96 Å². The molecule has 0 bridgehead atoms. The molecular weight excluding hydrogens is 863 g/mol. The second-order valence-corrected chi connectivity index (χ2v) is 17.3. The molecule has 1 aliphatic rings. The maximum absolute atomic E-state index is 14.8. The van der Waals surface area contributed by atoms with Crippen molar-refractivity contribution in [3.8, 4) is 0 Å². The summed E-state index contributed by atoms with van der Waals surface area (Å²) in [5.41, 5.74) is 19.2. The lowest BCUT2D eigenvalue weighted by molar-refractivity contribution is -0.135. The second kappa shape index (κ2) is 24.2. The van der Waals surface area contributed by atoms with E-state index < -0.39 is 59.2 Å². The van der Waals surface area contributed by atoms with Crippen molar-refractivity contribution in [2.45, 2.75) is 101 Å². The van der Waals surface area contributed by atoms with Gasteiger partial charge in [-0.1, -0.05) is 104 Å². The number of unbranched alkanes of at least 4 members (excludes halogenated alkanes) is 1. The van der Waals surface area contributed by atoms with Gasteiger partial charge in [0.1, 0.15) is 23.7 Å². The average Bonchev–Trinajstić information content (AvgIpc) is 3.75. The zero-order valence-corrected chi connectivity index (χ0v) is 38.4. The van der Waals surface area contributed by atoms with E-state index in [9.17, 15) is 28.8 Å². The smallest absolute Gasteiger partial charge is 0.315 e. The van der Waals surface area contributed by atoms with Crippen molar-refractivity contribution < 1.29 is 28.8 Å². The summed E-state index contributed by atoms with van der Waals surface area (Å²) < 4.78 is 0. The number of aromatic nitrogens is 1. The highest BCUT2D eigenvalue weighted by atomic mass is 16.2. The highest BCUT2D eigenvalue weighted by Gasteiger charge is 2.45. The van der Waals surface area contributed by atoms with E-state index in [1.165, 1.54) is 12.1 Å². The molecule has 0 unspecified atom stereocenters. The molecule has 1 aromatic heterocycles. The van der Waals surface area contributed by atoms with Gasteiger partial charge in [0.05, 0.1) is 11.3 Å². The normalized spacial score (nSPS) is 16.8. The Morgan fingerprint density at radius 1 is 0.721 bits per heavy atom. The maximum atomic E-state index is 14.8. The number of nitrogens with zero attached hydrogens (tertiary/aromatic N) is 1. The van der Waals surface area contributed by atoms with Crippen LogP contribution in [-0.4, -0.2) is 83.3 Å². The molecule has 1 aliphatic carbocycles. The largest absolute Gasteiger partial charge is 0.370 e. The molecule has 3 atom stereocenters. The highest BCUT2D eigenvalue weighted by molar-refractivity contribution is 6.05. The molecule has 1 fully saturated rings. The van der Waals surface area contributed by atoms with E-state index in [0.717, 1.165) is 40.4 Å². The number of aromatic amines is 1. The van der Waals surface area contributed by atoms with Crippen LogP contribution in [-0.2, 0) is 32.0 Å². The first-order valence-corrected chi connectivity index (χ1v) is 23.2. The Balaban J connectivity index is 1.28. The van der Waals surface area contributed by atoms with Crippen molar-refractivity contribution in [3.05, 3.63) is 138 Å². The molecular formula is C51H63N11O6. The van der Waals surface area contributed by atoms with Gasteiger partial charge in [0.25, 0.3) is 5.91 Å². The lowest BCUT2D eigenvalue weighted by atomic mass is 9.73. The summed E-state index contributed by atoms with van der Waals surface area (Å²) in [5.74, 6) is -3.26. The first kappa shape index (κ1) is 49.7. The molecule has 0 aliphatic heterocycles. The van der Waals surface area contributed by atoms with Gasteiger partial charge in [-0.3, -0.25) is 29.0 Å². The number of carbonyl (C=O) groups is 6. The number of rotatable bonds is 22. The Bertz CT molecular complexity index is 2540. The lowest BCUT2D eigenvalue weighted by Gasteiger charge is -2.40. The summed E-state index contributed by atoms with van der Waals surface area (Å²) >= 11 is 0. The third-order valence-corrected chi connectivity index (χ3v) is 12.4. The van der Waals surface area contributed by atoms with Crippen LogP contribution in [0.25, 0.3) is 10.9 Å². The number of fused-ring (bicyclic) bond motifs is 1. The Labute approximate surface area is 396 Å². The monoisotopic (exact) mass is 925 g/mol. The number of aliphatic imine (C=N–C) groups is 1. The molecule has 4 aromatic carbocycles. The van der Waals surface area contributed by atoms with Crippen molar-refractivity contribution >= 4 is 58.1 Å². The van der Waals surface area contributed by atoms with Crippen molar-refractivity contribution in [1.82, 2.24) is 31.6 Å². The van der Waals surface area contributed by atoms with Crippen LogP contribution < -0.4 is 49.1 Å². The van der Waals surface area contributed by atoms with E-state index in [4.69, 9.17) is 17.2 Å². The number of guanidine groups is 1. The minimum Gasteiger partial charge on any atom is -0.370 e. The molecule has 17 heteroatoms. The van der Waals surface area contributed by atoms with Crippen LogP contribution in [0.2, 0.25) is 0 Å². The van der Waals surface area contributed by atoms with Crippen molar-refractivity contribution in [1.29, 1.82) is 0 Å². The Morgan fingerprint density at radius 3 is 2.06 bits per heavy atom. The quantitative estimate of drug-likeness (QED) is 0.0269. The number of urea groups is 1. The number of benzene rings is 4. The number of carbonyl (C=O) groups excluding carboxylic acids is 6. The average molecular weight is 926 g/mol. The summed E-state index contributed by atoms with van der Waals surface area (Å²) in [4.78, 5) is 91.3. The Hall–Kier alpha value is -7.69. The topological polar surface area (TPSA) is 281 Å². The fraction of sp³-hybridized carbons (Fsp3) is 0.353. The van der Waals surface area contributed by atoms with Gasteiger partial charge in [0.2, 0.25) is 23.6 Å². The molecule has 0 spiro atoms. The molecule has 1 heterocycles.